The predicted octanol–water partition coefficient (Wildman–Crippen LogP) is 7.24. The SMILES string of the molecule is CCCN1CCCc2cc(CN(C(=S)Nc3cc(C)cc(C)c3)[C@H]3CCCC[C@@H]3C)ccc21. The third-order valence-electron chi connectivity index (χ3n) is 7.41. The van der Waals surface area contributed by atoms with Crippen LogP contribution in [-0.2, 0) is 13.0 Å². The lowest BCUT2D eigenvalue weighted by Gasteiger charge is -2.40. The zero-order valence-corrected chi connectivity index (χ0v) is 21.8. The molecule has 2 atom stereocenters. The van der Waals surface area contributed by atoms with E-state index in [1.165, 1.54) is 79.4 Å². The van der Waals surface area contributed by atoms with Gasteiger partial charge in [0.2, 0.25) is 0 Å². The Balaban J connectivity index is 1.58. The third kappa shape index (κ3) is 5.90. The average Bonchev–Trinajstić information content (AvgIpc) is 2.77. The first-order chi connectivity index (χ1) is 15.9. The highest BCUT2D eigenvalue weighted by atomic mass is 32.1. The Bertz CT molecular complexity index is 949. The van der Waals surface area contributed by atoms with E-state index in [0.717, 1.165) is 23.9 Å². The molecule has 3 nitrogen and oxygen atoms in total. The second kappa shape index (κ2) is 10.9. The summed E-state index contributed by atoms with van der Waals surface area (Å²) >= 11 is 6.06. The highest BCUT2D eigenvalue weighted by Gasteiger charge is 2.29. The number of aryl methyl sites for hydroxylation is 3. The van der Waals surface area contributed by atoms with Crippen LogP contribution in [0.2, 0.25) is 0 Å². The number of thiocarbonyl (C=S) groups is 1. The molecule has 1 aliphatic heterocycles. The molecule has 4 heteroatoms. The van der Waals surface area contributed by atoms with Crippen molar-refractivity contribution in [2.75, 3.05) is 23.3 Å². The van der Waals surface area contributed by atoms with Gasteiger partial charge in [-0.3, -0.25) is 0 Å². The van der Waals surface area contributed by atoms with Crippen molar-refractivity contribution in [3.8, 4) is 0 Å². The van der Waals surface area contributed by atoms with Crippen molar-refractivity contribution in [2.24, 2.45) is 5.92 Å². The van der Waals surface area contributed by atoms with Gasteiger partial charge in [0.25, 0.3) is 0 Å². The van der Waals surface area contributed by atoms with Gasteiger partial charge in [-0.05, 0) is 105 Å². The monoisotopic (exact) mass is 463 g/mol. The number of nitrogens with one attached hydrogen (secondary N) is 1. The van der Waals surface area contributed by atoms with Gasteiger partial charge in [-0.15, -0.1) is 0 Å². The van der Waals surface area contributed by atoms with E-state index < -0.39 is 0 Å². The number of benzene rings is 2. The van der Waals surface area contributed by atoms with E-state index in [4.69, 9.17) is 12.2 Å². The molecule has 1 saturated carbocycles. The van der Waals surface area contributed by atoms with Crippen molar-refractivity contribution >= 4 is 28.7 Å². The lowest BCUT2D eigenvalue weighted by molar-refractivity contribution is 0.177. The van der Waals surface area contributed by atoms with Crippen LogP contribution in [0.5, 0.6) is 0 Å². The first kappa shape index (κ1) is 24.1. The quantitative estimate of drug-likeness (QED) is 0.455. The van der Waals surface area contributed by atoms with Gasteiger partial charge in [0.05, 0.1) is 0 Å². The maximum absolute atomic E-state index is 6.06. The van der Waals surface area contributed by atoms with Crippen LogP contribution in [0.25, 0.3) is 0 Å². The van der Waals surface area contributed by atoms with E-state index in [-0.39, 0.29) is 0 Å². The molecule has 4 rings (SSSR count). The van der Waals surface area contributed by atoms with Gasteiger partial charge in [0.1, 0.15) is 0 Å². The van der Waals surface area contributed by atoms with Crippen LogP contribution in [0.1, 0.15) is 74.6 Å². The Labute approximate surface area is 206 Å². The largest absolute Gasteiger partial charge is 0.371 e. The van der Waals surface area contributed by atoms with Gasteiger partial charge in [-0.25, -0.2) is 0 Å². The summed E-state index contributed by atoms with van der Waals surface area (Å²) in [5.41, 5.74) is 7.98. The molecule has 0 saturated heterocycles. The Morgan fingerprint density at radius 2 is 1.82 bits per heavy atom. The first-order valence-corrected chi connectivity index (χ1v) is 13.4. The number of fused-ring (bicyclic) bond motifs is 1. The van der Waals surface area contributed by atoms with E-state index >= 15 is 0 Å². The molecular weight excluding hydrogens is 422 g/mol. The molecule has 33 heavy (non-hydrogen) atoms. The van der Waals surface area contributed by atoms with Crippen LogP contribution in [0.15, 0.2) is 36.4 Å². The highest BCUT2D eigenvalue weighted by Crippen LogP contribution is 2.32. The van der Waals surface area contributed by atoms with Crippen molar-refractivity contribution in [3.63, 3.8) is 0 Å². The third-order valence-corrected chi connectivity index (χ3v) is 7.74. The van der Waals surface area contributed by atoms with Crippen LogP contribution in [0.3, 0.4) is 0 Å². The van der Waals surface area contributed by atoms with Gasteiger partial charge in [0, 0.05) is 37.1 Å². The lowest BCUT2D eigenvalue weighted by atomic mass is 9.84. The van der Waals surface area contributed by atoms with Crippen LogP contribution < -0.4 is 10.2 Å². The van der Waals surface area contributed by atoms with E-state index in [9.17, 15) is 0 Å². The summed E-state index contributed by atoms with van der Waals surface area (Å²) in [5.74, 6) is 0.662. The fourth-order valence-corrected chi connectivity index (χ4v) is 6.18. The summed E-state index contributed by atoms with van der Waals surface area (Å²) in [6.45, 7) is 12.2. The van der Waals surface area contributed by atoms with Gasteiger partial charge in [0.15, 0.2) is 5.11 Å². The molecule has 0 aromatic heterocycles. The van der Waals surface area contributed by atoms with E-state index in [1.54, 1.807) is 0 Å². The zero-order valence-electron chi connectivity index (χ0n) is 21.0. The standard InChI is InChI=1S/C29H41N3S/c1-5-14-31-15-8-10-25-19-24(12-13-28(25)31)20-32(27-11-7-6-9-23(27)4)29(33)30-26-17-21(2)16-22(3)18-26/h12-13,16-19,23,27H,5-11,14-15,20H2,1-4H3,(H,30,33)/t23-,27-/m0/s1. The molecule has 0 spiro atoms. The summed E-state index contributed by atoms with van der Waals surface area (Å²) in [7, 11) is 0. The molecular formula is C29H41N3S. The van der Waals surface area contributed by atoms with Gasteiger partial charge >= 0.3 is 0 Å². The Morgan fingerprint density at radius 3 is 2.55 bits per heavy atom. The molecule has 1 N–H and O–H groups in total. The first-order valence-electron chi connectivity index (χ1n) is 13.0. The molecule has 2 aromatic rings. The summed E-state index contributed by atoms with van der Waals surface area (Å²) in [5, 5.41) is 4.46. The fraction of sp³-hybridized carbons (Fsp3) is 0.552. The number of hydrogen-bond acceptors (Lipinski definition) is 2. The van der Waals surface area contributed by atoms with Crippen LogP contribution in [-0.4, -0.2) is 29.1 Å². The molecule has 2 aromatic carbocycles. The minimum absolute atomic E-state index is 0.497. The molecule has 0 amide bonds. The van der Waals surface area contributed by atoms with Crippen molar-refractivity contribution in [3.05, 3.63) is 58.7 Å². The van der Waals surface area contributed by atoms with Crippen LogP contribution >= 0.6 is 12.2 Å². The Hall–Kier alpha value is -2.07. The number of nitrogens with zero attached hydrogens (tertiary/aromatic N) is 2. The summed E-state index contributed by atoms with van der Waals surface area (Å²) < 4.78 is 0. The van der Waals surface area contributed by atoms with E-state index in [0.29, 0.717) is 12.0 Å². The Morgan fingerprint density at radius 1 is 1.06 bits per heavy atom. The number of anilines is 2. The maximum Gasteiger partial charge on any atom is 0.173 e. The molecule has 0 unspecified atom stereocenters. The summed E-state index contributed by atoms with van der Waals surface area (Å²) in [6.07, 6.45) is 8.81. The van der Waals surface area contributed by atoms with Crippen molar-refractivity contribution in [1.82, 2.24) is 4.90 Å². The minimum atomic E-state index is 0.497. The van der Waals surface area contributed by atoms with Crippen molar-refractivity contribution < 1.29 is 0 Å². The van der Waals surface area contributed by atoms with Crippen molar-refractivity contribution in [1.29, 1.82) is 0 Å². The smallest absolute Gasteiger partial charge is 0.173 e. The van der Waals surface area contributed by atoms with Gasteiger partial charge in [-0.2, -0.15) is 0 Å². The lowest BCUT2D eigenvalue weighted by Crippen LogP contribution is -2.46. The van der Waals surface area contributed by atoms with E-state index in [2.05, 4.69) is 79.2 Å². The summed E-state index contributed by atoms with van der Waals surface area (Å²) in [4.78, 5) is 5.06. The molecule has 1 aliphatic carbocycles. The zero-order chi connectivity index (χ0) is 23.4. The maximum atomic E-state index is 6.06. The number of rotatable bonds is 6. The second-order valence-corrected chi connectivity index (χ2v) is 10.7. The average molecular weight is 464 g/mol. The number of hydrogen-bond donors (Lipinski definition) is 1. The van der Waals surface area contributed by atoms with Crippen LogP contribution in [0.4, 0.5) is 11.4 Å². The Kier molecular flexibility index (Phi) is 7.95. The molecule has 1 fully saturated rings. The van der Waals surface area contributed by atoms with Gasteiger partial charge < -0.3 is 15.1 Å². The normalized spacial score (nSPS) is 20.3. The van der Waals surface area contributed by atoms with E-state index in [1.807, 2.05) is 0 Å². The molecule has 0 radical (unpaired) electrons. The van der Waals surface area contributed by atoms with Gasteiger partial charge in [-0.1, -0.05) is 44.9 Å². The molecule has 178 valence electrons. The van der Waals surface area contributed by atoms with Crippen LogP contribution in [0, 0.1) is 19.8 Å². The molecule has 0 bridgehead atoms. The minimum Gasteiger partial charge on any atom is -0.371 e. The highest BCUT2D eigenvalue weighted by molar-refractivity contribution is 7.80. The summed E-state index contributed by atoms with van der Waals surface area (Å²) in [6, 6.07) is 14.3. The second-order valence-electron chi connectivity index (χ2n) is 10.3. The topological polar surface area (TPSA) is 18.5 Å². The molecule has 2 aliphatic rings. The van der Waals surface area contributed by atoms with Crippen molar-refractivity contribution in [2.45, 2.75) is 85.2 Å². The predicted molar refractivity (Wildman–Crippen MR) is 146 cm³/mol. The molecule has 1 heterocycles. The fourth-order valence-electron chi connectivity index (χ4n) is 5.87.